The lowest BCUT2D eigenvalue weighted by Gasteiger charge is -2.33. The highest BCUT2D eigenvalue weighted by atomic mass is 32.2. The van der Waals surface area contributed by atoms with Crippen molar-refractivity contribution in [3.8, 4) is 0 Å². The van der Waals surface area contributed by atoms with E-state index < -0.39 is 5.97 Å². The Kier molecular flexibility index (Phi) is 4.69. The Labute approximate surface area is 152 Å². The molecule has 0 atom stereocenters. The van der Waals surface area contributed by atoms with Gasteiger partial charge in [-0.2, -0.15) is 0 Å². The maximum Gasteiger partial charge on any atom is 0.373 e. The van der Waals surface area contributed by atoms with Crippen LogP contribution in [-0.2, 0) is 5.41 Å². The molecule has 1 aliphatic heterocycles. The van der Waals surface area contributed by atoms with Crippen molar-refractivity contribution in [2.45, 2.75) is 44.4 Å². The summed E-state index contributed by atoms with van der Waals surface area (Å²) >= 11 is 1.94. The van der Waals surface area contributed by atoms with Gasteiger partial charge in [0.15, 0.2) is 0 Å². The molecular formula is C20H22N2O2S. The van der Waals surface area contributed by atoms with Crippen LogP contribution in [0.4, 0.5) is 0 Å². The van der Waals surface area contributed by atoms with E-state index in [4.69, 9.17) is 5.11 Å². The summed E-state index contributed by atoms with van der Waals surface area (Å²) in [4.78, 5) is 20.0. The third-order valence-corrected chi connectivity index (χ3v) is 5.77. The smallest absolute Gasteiger partial charge is 0.373 e. The molecule has 0 spiro atoms. The number of carbonyl (C=O) groups is 1. The van der Waals surface area contributed by atoms with Crippen LogP contribution in [0.3, 0.4) is 0 Å². The summed E-state index contributed by atoms with van der Waals surface area (Å²) in [5, 5.41) is 8.89. The van der Waals surface area contributed by atoms with Crippen molar-refractivity contribution in [3.63, 3.8) is 0 Å². The molecule has 1 aromatic heterocycles. The Bertz CT molecular complexity index is 855. The Morgan fingerprint density at radius 1 is 1.28 bits per heavy atom. The number of carboxylic acid groups (broad SMARTS) is 1. The van der Waals surface area contributed by atoms with Crippen LogP contribution >= 0.6 is 11.8 Å². The molecule has 0 aliphatic carbocycles. The van der Waals surface area contributed by atoms with Gasteiger partial charge in [0.1, 0.15) is 0 Å². The van der Waals surface area contributed by atoms with Crippen LogP contribution in [0.2, 0.25) is 0 Å². The number of aryl methyl sites for hydroxylation is 1. The number of hydrogen-bond donors (Lipinski definition) is 1. The van der Waals surface area contributed by atoms with Crippen molar-refractivity contribution in [1.82, 2.24) is 9.97 Å². The molecule has 0 unspecified atom stereocenters. The molecule has 0 radical (unpaired) electrons. The van der Waals surface area contributed by atoms with E-state index in [1.165, 1.54) is 33.8 Å². The van der Waals surface area contributed by atoms with Crippen molar-refractivity contribution in [3.05, 3.63) is 52.6 Å². The topological polar surface area (TPSA) is 63.1 Å². The standard InChI is InChI=1S/C20H22N2O2S/c1-12(7-14-10-21-18(19(23)24)22-11-14)15-9-16-17(8-13(15)2)25-6-5-20(16,3)4/h7-11H,5-6H2,1-4H3,(H,23,24). The van der Waals surface area contributed by atoms with Crippen molar-refractivity contribution in [2.24, 2.45) is 0 Å². The van der Waals surface area contributed by atoms with E-state index in [2.05, 4.69) is 49.8 Å². The van der Waals surface area contributed by atoms with Gasteiger partial charge in [-0.1, -0.05) is 13.8 Å². The Morgan fingerprint density at radius 3 is 2.60 bits per heavy atom. The van der Waals surface area contributed by atoms with Crippen molar-refractivity contribution < 1.29 is 9.90 Å². The molecule has 1 N–H and O–H groups in total. The molecule has 0 saturated heterocycles. The third-order valence-electron chi connectivity index (χ3n) is 4.71. The van der Waals surface area contributed by atoms with Gasteiger partial charge in [0, 0.05) is 22.9 Å². The Hall–Kier alpha value is -2.14. The lowest BCUT2D eigenvalue weighted by Crippen LogP contribution is -2.23. The van der Waals surface area contributed by atoms with Gasteiger partial charge in [-0.05, 0) is 71.9 Å². The summed E-state index contributed by atoms with van der Waals surface area (Å²) in [6.07, 6.45) is 6.28. The predicted molar refractivity (Wildman–Crippen MR) is 102 cm³/mol. The molecule has 0 saturated carbocycles. The number of allylic oxidation sites excluding steroid dienone is 1. The first kappa shape index (κ1) is 17.7. The zero-order valence-electron chi connectivity index (χ0n) is 15.0. The average Bonchev–Trinajstić information content (AvgIpc) is 2.54. The van der Waals surface area contributed by atoms with Crippen LogP contribution in [-0.4, -0.2) is 26.8 Å². The SMILES string of the molecule is CC(=Cc1cnc(C(=O)O)nc1)c1cc2c(cc1C)SCCC2(C)C. The maximum absolute atomic E-state index is 10.9. The fourth-order valence-corrected chi connectivity index (χ4v) is 4.74. The van der Waals surface area contributed by atoms with Gasteiger partial charge in [0.05, 0.1) is 0 Å². The number of aromatic nitrogens is 2. The molecule has 5 heteroatoms. The highest BCUT2D eigenvalue weighted by Crippen LogP contribution is 2.43. The van der Waals surface area contributed by atoms with Crippen molar-refractivity contribution in [1.29, 1.82) is 0 Å². The van der Waals surface area contributed by atoms with E-state index >= 15 is 0 Å². The number of fused-ring (bicyclic) bond motifs is 1. The summed E-state index contributed by atoms with van der Waals surface area (Å²) in [6, 6.07) is 4.60. The largest absolute Gasteiger partial charge is 0.475 e. The molecule has 1 aromatic carbocycles. The molecule has 25 heavy (non-hydrogen) atoms. The number of hydrogen-bond acceptors (Lipinski definition) is 4. The van der Waals surface area contributed by atoms with Crippen LogP contribution in [0.1, 0.15) is 60.1 Å². The highest BCUT2D eigenvalue weighted by Gasteiger charge is 2.28. The van der Waals surface area contributed by atoms with Gasteiger partial charge in [-0.25, -0.2) is 14.8 Å². The maximum atomic E-state index is 10.9. The van der Waals surface area contributed by atoms with E-state index in [1.807, 2.05) is 17.8 Å². The molecule has 0 bridgehead atoms. The normalized spacial score (nSPS) is 16.4. The summed E-state index contributed by atoms with van der Waals surface area (Å²) in [6.45, 7) is 8.83. The molecule has 3 rings (SSSR count). The molecule has 4 nitrogen and oxygen atoms in total. The van der Waals surface area contributed by atoms with Crippen LogP contribution in [0, 0.1) is 6.92 Å². The number of benzene rings is 1. The fraction of sp³-hybridized carbons (Fsp3) is 0.350. The number of rotatable bonds is 3. The summed E-state index contributed by atoms with van der Waals surface area (Å²) < 4.78 is 0. The van der Waals surface area contributed by atoms with Crippen molar-refractivity contribution in [2.75, 3.05) is 5.75 Å². The van der Waals surface area contributed by atoms with E-state index in [1.54, 1.807) is 12.4 Å². The summed E-state index contributed by atoms with van der Waals surface area (Å²) in [7, 11) is 0. The van der Waals surface area contributed by atoms with Gasteiger partial charge in [-0.15, -0.1) is 11.8 Å². The first-order valence-electron chi connectivity index (χ1n) is 8.30. The summed E-state index contributed by atoms with van der Waals surface area (Å²) in [5.74, 6) is -0.128. The minimum Gasteiger partial charge on any atom is -0.475 e. The zero-order chi connectivity index (χ0) is 18.2. The van der Waals surface area contributed by atoms with E-state index in [0.717, 1.165) is 11.1 Å². The second kappa shape index (κ2) is 6.64. The van der Waals surface area contributed by atoms with Gasteiger partial charge >= 0.3 is 5.97 Å². The molecule has 0 fully saturated rings. The minimum absolute atomic E-state index is 0.182. The Morgan fingerprint density at radius 2 is 1.96 bits per heavy atom. The molecule has 2 heterocycles. The first-order valence-corrected chi connectivity index (χ1v) is 9.28. The average molecular weight is 354 g/mol. The number of carboxylic acids is 1. The van der Waals surface area contributed by atoms with E-state index in [9.17, 15) is 4.79 Å². The van der Waals surface area contributed by atoms with Crippen LogP contribution < -0.4 is 0 Å². The summed E-state index contributed by atoms with van der Waals surface area (Å²) in [5.41, 5.74) is 5.99. The molecule has 2 aromatic rings. The number of nitrogens with zero attached hydrogens (tertiary/aromatic N) is 2. The minimum atomic E-state index is -1.11. The second-order valence-corrected chi connectivity index (χ2v) is 8.25. The highest BCUT2D eigenvalue weighted by molar-refractivity contribution is 7.99. The molecular weight excluding hydrogens is 332 g/mol. The third kappa shape index (κ3) is 3.61. The van der Waals surface area contributed by atoms with Gasteiger partial charge in [0.25, 0.3) is 0 Å². The monoisotopic (exact) mass is 354 g/mol. The zero-order valence-corrected chi connectivity index (χ0v) is 15.8. The molecule has 1 aliphatic rings. The molecule has 0 amide bonds. The first-order chi connectivity index (χ1) is 11.8. The quantitative estimate of drug-likeness (QED) is 0.856. The Balaban J connectivity index is 1.99. The van der Waals surface area contributed by atoms with Crippen LogP contribution in [0.25, 0.3) is 11.6 Å². The lowest BCUT2D eigenvalue weighted by atomic mass is 9.80. The van der Waals surface area contributed by atoms with Crippen LogP contribution in [0.15, 0.2) is 29.4 Å². The van der Waals surface area contributed by atoms with Gasteiger partial charge < -0.3 is 5.11 Å². The number of aromatic carboxylic acids is 1. The predicted octanol–water partition coefficient (Wildman–Crippen LogP) is 4.82. The fourth-order valence-electron chi connectivity index (χ4n) is 3.16. The lowest BCUT2D eigenvalue weighted by molar-refractivity contribution is 0.0683. The van der Waals surface area contributed by atoms with E-state index in [-0.39, 0.29) is 11.2 Å². The van der Waals surface area contributed by atoms with E-state index in [0.29, 0.717) is 0 Å². The second-order valence-electron chi connectivity index (χ2n) is 7.12. The molecule has 130 valence electrons. The van der Waals surface area contributed by atoms with Crippen molar-refractivity contribution >= 4 is 29.4 Å². The van der Waals surface area contributed by atoms with Gasteiger partial charge in [-0.3, -0.25) is 0 Å². The van der Waals surface area contributed by atoms with Crippen LogP contribution in [0.5, 0.6) is 0 Å². The van der Waals surface area contributed by atoms with Gasteiger partial charge in [0.2, 0.25) is 5.82 Å². The number of thioether (sulfide) groups is 1.